The van der Waals surface area contributed by atoms with Crippen molar-refractivity contribution in [3.05, 3.63) is 42.2 Å². The van der Waals surface area contributed by atoms with Crippen LogP contribution in [0.2, 0.25) is 0 Å². The first kappa shape index (κ1) is 21.1. The highest BCUT2D eigenvalue weighted by Crippen LogP contribution is 2.24. The van der Waals surface area contributed by atoms with Gasteiger partial charge in [0.05, 0.1) is 5.69 Å². The molecule has 1 fully saturated rings. The third kappa shape index (κ3) is 6.44. The first-order valence-electron chi connectivity index (χ1n) is 10.5. The molecular weight excluding hydrogens is 369 g/mol. The second-order valence-electron chi connectivity index (χ2n) is 7.55. The smallest absolute Gasteiger partial charge is 0.191 e. The van der Waals surface area contributed by atoms with E-state index >= 15 is 0 Å². The molecule has 0 saturated carbocycles. The van der Waals surface area contributed by atoms with Crippen LogP contribution in [0.5, 0.6) is 0 Å². The summed E-state index contributed by atoms with van der Waals surface area (Å²) in [5.41, 5.74) is 1.78. The van der Waals surface area contributed by atoms with Crippen molar-refractivity contribution in [1.29, 1.82) is 0 Å². The third-order valence-electron chi connectivity index (χ3n) is 5.11. The van der Waals surface area contributed by atoms with Crippen molar-refractivity contribution in [2.75, 3.05) is 31.1 Å². The summed E-state index contributed by atoms with van der Waals surface area (Å²) in [7, 11) is 0. The maximum Gasteiger partial charge on any atom is 0.191 e. The SMILES string of the molecule is CCNC(=NCCCCn1cnnc1)NC1CCCN(c2cc(C)ccc2F)C1. The van der Waals surface area contributed by atoms with Crippen LogP contribution in [0.1, 0.15) is 38.2 Å². The van der Waals surface area contributed by atoms with E-state index in [2.05, 4.69) is 32.7 Å². The van der Waals surface area contributed by atoms with Gasteiger partial charge >= 0.3 is 0 Å². The molecular formula is C21H32FN7. The highest BCUT2D eigenvalue weighted by Gasteiger charge is 2.22. The first-order valence-corrected chi connectivity index (χ1v) is 10.5. The van der Waals surface area contributed by atoms with Gasteiger partial charge in [-0.1, -0.05) is 6.07 Å². The van der Waals surface area contributed by atoms with Gasteiger partial charge in [-0.05, 0) is 57.2 Å². The monoisotopic (exact) mass is 401 g/mol. The molecule has 0 radical (unpaired) electrons. The Morgan fingerprint density at radius 3 is 2.90 bits per heavy atom. The molecule has 1 saturated heterocycles. The number of nitrogens with one attached hydrogen (secondary N) is 2. The van der Waals surface area contributed by atoms with Crippen LogP contribution < -0.4 is 15.5 Å². The molecule has 1 aliphatic rings. The molecule has 0 bridgehead atoms. The van der Waals surface area contributed by atoms with Crippen molar-refractivity contribution < 1.29 is 4.39 Å². The molecule has 2 N–H and O–H groups in total. The lowest BCUT2D eigenvalue weighted by atomic mass is 10.0. The summed E-state index contributed by atoms with van der Waals surface area (Å²) in [6.45, 7) is 8.22. The Morgan fingerprint density at radius 2 is 2.10 bits per heavy atom. The van der Waals surface area contributed by atoms with Crippen LogP contribution in [-0.2, 0) is 6.54 Å². The Morgan fingerprint density at radius 1 is 1.28 bits per heavy atom. The fourth-order valence-corrected chi connectivity index (χ4v) is 3.63. The van der Waals surface area contributed by atoms with Gasteiger partial charge in [0.2, 0.25) is 0 Å². The second kappa shape index (κ2) is 10.8. The van der Waals surface area contributed by atoms with E-state index in [1.807, 2.05) is 23.6 Å². The molecule has 29 heavy (non-hydrogen) atoms. The molecule has 1 aromatic carbocycles. The van der Waals surface area contributed by atoms with Gasteiger partial charge in [0.1, 0.15) is 18.5 Å². The molecule has 1 aliphatic heterocycles. The summed E-state index contributed by atoms with van der Waals surface area (Å²) in [5, 5.41) is 14.5. The number of benzene rings is 1. The lowest BCUT2D eigenvalue weighted by Gasteiger charge is -2.35. The van der Waals surface area contributed by atoms with E-state index in [-0.39, 0.29) is 11.9 Å². The molecule has 1 aromatic heterocycles. The van der Waals surface area contributed by atoms with Crippen LogP contribution in [0, 0.1) is 12.7 Å². The number of aryl methyl sites for hydroxylation is 2. The standard InChI is InChI=1S/C21H32FN7/c1-3-23-21(24-10-4-5-11-28-15-25-26-16-28)27-18-7-6-12-29(14-18)20-13-17(2)8-9-19(20)22/h8-9,13,15-16,18H,3-7,10-12,14H2,1-2H3,(H2,23,24,27). The number of guanidine groups is 1. The predicted octanol–water partition coefficient (Wildman–Crippen LogP) is 2.73. The number of anilines is 1. The Kier molecular flexibility index (Phi) is 7.84. The Labute approximate surface area is 172 Å². The van der Waals surface area contributed by atoms with Gasteiger partial charge in [0, 0.05) is 38.8 Å². The van der Waals surface area contributed by atoms with Gasteiger partial charge in [-0.15, -0.1) is 10.2 Å². The van der Waals surface area contributed by atoms with Crippen LogP contribution in [-0.4, -0.2) is 52.9 Å². The fraction of sp³-hybridized carbons (Fsp3) is 0.571. The number of halogens is 1. The van der Waals surface area contributed by atoms with Gasteiger partial charge < -0.3 is 20.1 Å². The first-order chi connectivity index (χ1) is 14.2. The van der Waals surface area contributed by atoms with Gasteiger partial charge in [-0.25, -0.2) is 4.39 Å². The van der Waals surface area contributed by atoms with Crippen molar-refractivity contribution in [2.24, 2.45) is 4.99 Å². The van der Waals surface area contributed by atoms with E-state index in [1.54, 1.807) is 18.7 Å². The molecule has 2 aromatic rings. The number of nitrogens with zero attached hydrogens (tertiary/aromatic N) is 5. The van der Waals surface area contributed by atoms with E-state index in [0.717, 1.165) is 69.9 Å². The van der Waals surface area contributed by atoms with Gasteiger partial charge in [0.25, 0.3) is 0 Å². The highest BCUT2D eigenvalue weighted by atomic mass is 19.1. The minimum absolute atomic E-state index is 0.148. The predicted molar refractivity (Wildman–Crippen MR) is 115 cm³/mol. The van der Waals surface area contributed by atoms with Crippen LogP contribution in [0.15, 0.2) is 35.8 Å². The van der Waals surface area contributed by atoms with E-state index in [4.69, 9.17) is 4.99 Å². The van der Waals surface area contributed by atoms with Crippen LogP contribution in [0.4, 0.5) is 10.1 Å². The topological polar surface area (TPSA) is 70.4 Å². The molecule has 3 rings (SSSR count). The van der Waals surface area contributed by atoms with Crippen molar-refractivity contribution in [2.45, 2.75) is 52.1 Å². The quantitative estimate of drug-likeness (QED) is 0.404. The number of aliphatic imine (C=N–C) groups is 1. The van der Waals surface area contributed by atoms with Gasteiger partial charge in [-0.3, -0.25) is 4.99 Å². The molecule has 1 unspecified atom stereocenters. The van der Waals surface area contributed by atoms with E-state index in [1.165, 1.54) is 0 Å². The summed E-state index contributed by atoms with van der Waals surface area (Å²) >= 11 is 0. The molecule has 1 atom stereocenters. The maximum absolute atomic E-state index is 14.3. The average molecular weight is 402 g/mol. The van der Waals surface area contributed by atoms with Crippen molar-refractivity contribution in [3.63, 3.8) is 0 Å². The normalized spacial score (nSPS) is 17.4. The Bertz CT molecular complexity index is 775. The molecule has 7 nitrogen and oxygen atoms in total. The Hall–Kier alpha value is -2.64. The zero-order valence-electron chi connectivity index (χ0n) is 17.4. The number of unbranched alkanes of at least 4 members (excludes halogenated alkanes) is 1. The van der Waals surface area contributed by atoms with Crippen molar-refractivity contribution in [1.82, 2.24) is 25.4 Å². The highest BCUT2D eigenvalue weighted by molar-refractivity contribution is 5.80. The van der Waals surface area contributed by atoms with Crippen molar-refractivity contribution in [3.8, 4) is 0 Å². The van der Waals surface area contributed by atoms with E-state index in [9.17, 15) is 4.39 Å². The molecule has 0 amide bonds. The molecule has 0 aliphatic carbocycles. The summed E-state index contributed by atoms with van der Waals surface area (Å²) < 4.78 is 16.3. The van der Waals surface area contributed by atoms with Crippen molar-refractivity contribution >= 4 is 11.6 Å². The summed E-state index contributed by atoms with van der Waals surface area (Å²) in [6, 6.07) is 5.57. The van der Waals surface area contributed by atoms with Crippen LogP contribution >= 0.6 is 0 Å². The average Bonchev–Trinajstić information content (AvgIpc) is 3.23. The minimum atomic E-state index is -0.148. The molecule has 2 heterocycles. The maximum atomic E-state index is 14.3. The minimum Gasteiger partial charge on any atom is -0.367 e. The molecule has 8 heteroatoms. The second-order valence-corrected chi connectivity index (χ2v) is 7.55. The number of rotatable bonds is 8. The van der Waals surface area contributed by atoms with E-state index < -0.39 is 0 Å². The van der Waals surface area contributed by atoms with Gasteiger partial charge in [-0.2, -0.15) is 0 Å². The van der Waals surface area contributed by atoms with Crippen LogP contribution in [0.3, 0.4) is 0 Å². The third-order valence-corrected chi connectivity index (χ3v) is 5.11. The zero-order valence-corrected chi connectivity index (χ0v) is 17.4. The largest absolute Gasteiger partial charge is 0.367 e. The Balaban J connectivity index is 1.51. The number of hydrogen-bond donors (Lipinski definition) is 2. The molecule has 158 valence electrons. The summed E-state index contributed by atoms with van der Waals surface area (Å²) in [4.78, 5) is 6.86. The number of hydrogen-bond acceptors (Lipinski definition) is 4. The number of aromatic nitrogens is 3. The summed E-state index contributed by atoms with van der Waals surface area (Å²) in [6.07, 6.45) is 7.60. The van der Waals surface area contributed by atoms with Gasteiger partial charge in [0.15, 0.2) is 5.96 Å². The lowest BCUT2D eigenvalue weighted by molar-refractivity contribution is 0.462. The van der Waals surface area contributed by atoms with Crippen LogP contribution in [0.25, 0.3) is 0 Å². The number of piperidine rings is 1. The zero-order chi connectivity index (χ0) is 20.5. The fourth-order valence-electron chi connectivity index (χ4n) is 3.63. The molecule has 0 spiro atoms. The lowest BCUT2D eigenvalue weighted by Crippen LogP contribution is -2.51. The summed E-state index contributed by atoms with van der Waals surface area (Å²) in [5.74, 6) is 0.693. The van der Waals surface area contributed by atoms with E-state index in [0.29, 0.717) is 5.69 Å².